The minimum Gasteiger partial charge on any atom is -0.455 e. The Morgan fingerprint density at radius 1 is 1.32 bits per heavy atom. The highest BCUT2D eigenvalue weighted by Crippen LogP contribution is 2.31. The SMILES string of the molecule is CCc1cc(C#N)ncc1Oc1cc(N)c2ncn(C)c2c1. The van der Waals surface area contributed by atoms with E-state index in [-0.39, 0.29) is 0 Å². The minimum absolute atomic E-state index is 0.380. The largest absolute Gasteiger partial charge is 0.455 e. The van der Waals surface area contributed by atoms with Crippen molar-refractivity contribution in [2.24, 2.45) is 7.05 Å². The zero-order valence-corrected chi connectivity index (χ0v) is 12.4. The van der Waals surface area contributed by atoms with E-state index in [1.54, 1.807) is 24.7 Å². The number of rotatable bonds is 3. The number of ether oxygens (including phenoxy) is 1. The molecule has 0 saturated heterocycles. The number of nitriles is 1. The summed E-state index contributed by atoms with van der Waals surface area (Å²) in [5, 5.41) is 8.92. The lowest BCUT2D eigenvalue weighted by Gasteiger charge is -2.11. The molecule has 0 atom stereocenters. The Kier molecular flexibility index (Phi) is 3.39. The van der Waals surface area contributed by atoms with Gasteiger partial charge in [0.15, 0.2) is 0 Å². The van der Waals surface area contributed by atoms with Crippen LogP contribution in [0.4, 0.5) is 5.69 Å². The fourth-order valence-electron chi connectivity index (χ4n) is 2.33. The zero-order chi connectivity index (χ0) is 15.7. The molecule has 0 aliphatic heterocycles. The van der Waals surface area contributed by atoms with Gasteiger partial charge in [-0.2, -0.15) is 5.26 Å². The van der Waals surface area contributed by atoms with Gasteiger partial charge in [0.05, 0.1) is 23.7 Å². The summed E-state index contributed by atoms with van der Waals surface area (Å²) in [4.78, 5) is 8.32. The fraction of sp³-hybridized carbons (Fsp3) is 0.188. The van der Waals surface area contributed by atoms with Crippen molar-refractivity contribution >= 4 is 16.7 Å². The van der Waals surface area contributed by atoms with Gasteiger partial charge in [-0.3, -0.25) is 0 Å². The average Bonchev–Trinajstić information content (AvgIpc) is 2.90. The molecule has 6 heteroatoms. The molecule has 0 amide bonds. The maximum atomic E-state index is 8.92. The number of nitrogens with zero attached hydrogens (tertiary/aromatic N) is 4. The third kappa shape index (κ3) is 2.33. The predicted octanol–water partition coefficient (Wildman–Crippen LogP) is 2.78. The summed E-state index contributed by atoms with van der Waals surface area (Å²) in [6, 6.07) is 7.40. The molecule has 0 saturated carbocycles. The molecule has 0 fully saturated rings. The van der Waals surface area contributed by atoms with Gasteiger partial charge < -0.3 is 15.0 Å². The van der Waals surface area contributed by atoms with Gasteiger partial charge in [0.25, 0.3) is 0 Å². The number of pyridine rings is 1. The van der Waals surface area contributed by atoms with Crippen LogP contribution in [0.15, 0.2) is 30.7 Å². The lowest BCUT2D eigenvalue weighted by atomic mass is 10.1. The summed E-state index contributed by atoms with van der Waals surface area (Å²) < 4.78 is 7.81. The first-order valence-corrected chi connectivity index (χ1v) is 6.89. The second-order valence-corrected chi connectivity index (χ2v) is 4.98. The Labute approximate surface area is 127 Å². The van der Waals surface area contributed by atoms with Crippen molar-refractivity contribution in [1.29, 1.82) is 5.26 Å². The third-order valence-electron chi connectivity index (χ3n) is 3.50. The number of imidazole rings is 1. The number of aryl methyl sites for hydroxylation is 2. The van der Waals surface area contributed by atoms with E-state index in [0.717, 1.165) is 23.0 Å². The van der Waals surface area contributed by atoms with E-state index in [1.807, 2.05) is 30.7 Å². The monoisotopic (exact) mass is 293 g/mol. The van der Waals surface area contributed by atoms with Crippen LogP contribution < -0.4 is 10.5 Å². The molecule has 1 aromatic carbocycles. The lowest BCUT2D eigenvalue weighted by Crippen LogP contribution is -1.96. The number of nitrogens with two attached hydrogens (primary N) is 1. The molecule has 0 spiro atoms. The van der Waals surface area contributed by atoms with Crippen LogP contribution in [0.5, 0.6) is 11.5 Å². The molecule has 3 aromatic rings. The van der Waals surface area contributed by atoms with Gasteiger partial charge in [0.2, 0.25) is 0 Å². The lowest BCUT2D eigenvalue weighted by molar-refractivity contribution is 0.475. The molecule has 0 radical (unpaired) electrons. The van der Waals surface area contributed by atoms with E-state index in [9.17, 15) is 0 Å². The van der Waals surface area contributed by atoms with Crippen molar-refractivity contribution in [3.05, 3.63) is 42.0 Å². The molecule has 2 aromatic heterocycles. The maximum Gasteiger partial charge on any atom is 0.148 e. The first-order valence-electron chi connectivity index (χ1n) is 6.89. The van der Waals surface area contributed by atoms with E-state index >= 15 is 0 Å². The van der Waals surface area contributed by atoms with Gasteiger partial charge in [-0.05, 0) is 18.1 Å². The van der Waals surface area contributed by atoms with Gasteiger partial charge in [0, 0.05) is 19.2 Å². The first-order chi connectivity index (χ1) is 10.6. The summed E-state index contributed by atoms with van der Waals surface area (Å²) >= 11 is 0. The van der Waals surface area contributed by atoms with Crippen LogP contribution >= 0.6 is 0 Å². The number of hydrogen-bond donors (Lipinski definition) is 1. The highest BCUT2D eigenvalue weighted by molar-refractivity contribution is 5.88. The van der Waals surface area contributed by atoms with Crippen LogP contribution in [0.25, 0.3) is 11.0 Å². The quantitative estimate of drug-likeness (QED) is 0.750. The second-order valence-electron chi connectivity index (χ2n) is 4.98. The van der Waals surface area contributed by atoms with Crippen molar-refractivity contribution in [2.75, 3.05) is 5.73 Å². The molecule has 22 heavy (non-hydrogen) atoms. The summed E-state index contributed by atoms with van der Waals surface area (Å²) in [5.74, 6) is 1.25. The first kappa shape index (κ1) is 13.9. The van der Waals surface area contributed by atoms with Gasteiger partial charge in [-0.25, -0.2) is 9.97 Å². The fourth-order valence-corrected chi connectivity index (χ4v) is 2.33. The summed E-state index contributed by atoms with van der Waals surface area (Å²) in [6.45, 7) is 2.00. The highest BCUT2D eigenvalue weighted by atomic mass is 16.5. The van der Waals surface area contributed by atoms with Crippen molar-refractivity contribution in [1.82, 2.24) is 14.5 Å². The molecule has 2 N–H and O–H groups in total. The number of anilines is 1. The predicted molar refractivity (Wildman–Crippen MR) is 83.5 cm³/mol. The van der Waals surface area contributed by atoms with Crippen molar-refractivity contribution in [3.8, 4) is 17.6 Å². The molecule has 0 aliphatic rings. The van der Waals surface area contributed by atoms with E-state index in [2.05, 4.69) is 9.97 Å². The molecule has 2 heterocycles. The van der Waals surface area contributed by atoms with Gasteiger partial charge in [0.1, 0.15) is 28.8 Å². The topological polar surface area (TPSA) is 89.8 Å². The standard InChI is InChI=1S/C16H15N5O/c1-3-10-4-11(7-17)19-8-15(10)22-12-5-13(18)16-14(6-12)21(2)9-20-16/h4-6,8-9H,3,18H2,1-2H3. The second kappa shape index (κ2) is 5.37. The summed E-state index contributed by atoms with van der Waals surface area (Å²) in [7, 11) is 1.90. The Morgan fingerprint density at radius 3 is 2.86 bits per heavy atom. The number of aromatic nitrogens is 3. The molecule has 0 unspecified atom stereocenters. The van der Waals surface area contributed by atoms with Crippen molar-refractivity contribution in [3.63, 3.8) is 0 Å². The Balaban J connectivity index is 2.03. The Morgan fingerprint density at radius 2 is 2.14 bits per heavy atom. The van der Waals surface area contributed by atoms with E-state index in [0.29, 0.717) is 22.9 Å². The van der Waals surface area contributed by atoms with E-state index in [4.69, 9.17) is 15.7 Å². The highest BCUT2D eigenvalue weighted by Gasteiger charge is 2.10. The van der Waals surface area contributed by atoms with E-state index in [1.165, 1.54) is 0 Å². The number of benzene rings is 1. The molecule has 110 valence electrons. The smallest absolute Gasteiger partial charge is 0.148 e. The molecule has 3 rings (SSSR count). The van der Waals surface area contributed by atoms with Crippen LogP contribution in [0.2, 0.25) is 0 Å². The van der Waals surface area contributed by atoms with Crippen LogP contribution in [0, 0.1) is 11.3 Å². The molecule has 0 aliphatic carbocycles. The van der Waals surface area contributed by atoms with Crippen molar-refractivity contribution < 1.29 is 4.74 Å². The van der Waals surface area contributed by atoms with Gasteiger partial charge in [-0.1, -0.05) is 6.92 Å². The van der Waals surface area contributed by atoms with Crippen molar-refractivity contribution in [2.45, 2.75) is 13.3 Å². The Bertz CT molecular complexity index is 891. The van der Waals surface area contributed by atoms with E-state index < -0.39 is 0 Å². The van der Waals surface area contributed by atoms with Gasteiger partial charge in [-0.15, -0.1) is 0 Å². The van der Waals surface area contributed by atoms with Crippen LogP contribution in [-0.2, 0) is 13.5 Å². The molecular formula is C16H15N5O. The Hall–Kier alpha value is -3.07. The zero-order valence-electron chi connectivity index (χ0n) is 12.4. The van der Waals surface area contributed by atoms with Crippen LogP contribution in [-0.4, -0.2) is 14.5 Å². The molecule has 0 bridgehead atoms. The molecule has 6 nitrogen and oxygen atoms in total. The van der Waals surface area contributed by atoms with Crippen LogP contribution in [0.3, 0.4) is 0 Å². The normalized spacial score (nSPS) is 10.6. The summed E-state index contributed by atoms with van der Waals surface area (Å²) in [5.41, 5.74) is 9.55. The molecular weight excluding hydrogens is 278 g/mol. The number of hydrogen-bond acceptors (Lipinski definition) is 5. The van der Waals surface area contributed by atoms with Crippen LogP contribution in [0.1, 0.15) is 18.2 Å². The summed E-state index contributed by atoms with van der Waals surface area (Å²) in [6.07, 6.45) is 4.03. The average molecular weight is 293 g/mol. The number of fused-ring (bicyclic) bond motifs is 1. The maximum absolute atomic E-state index is 8.92. The third-order valence-corrected chi connectivity index (χ3v) is 3.50. The number of nitrogen functional groups attached to an aromatic ring is 1. The van der Waals surface area contributed by atoms with Gasteiger partial charge >= 0.3 is 0 Å². The minimum atomic E-state index is 0.380.